The van der Waals surface area contributed by atoms with Gasteiger partial charge in [0.05, 0.1) is 18.8 Å². The standard InChI is InChI=1S/C36H52N6O10/c1-19(2)15-27(36(51)52)39-32(47)26(17-23-11-13-24(45)14-12-23)38-34(49)29(20(3)4)41-33(48)28(18-43)40-35(50)30(21(5)44)42-31(46)25(37)16-22-9-7-6-8-10-22/h6-14,19-21,25-30,43-45H,15-18,37H2,1-5H3,(H,38,49)(H,39,47)(H,40,50)(H,41,48)(H,42,46)(H,51,52)/t21-,25+,26+,27+,28+,29+,30+/m1/s1. The minimum absolute atomic E-state index is 0.0291. The van der Waals surface area contributed by atoms with E-state index >= 15 is 0 Å². The highest BCUT2D eigenvalue weighted by atomic mass is 16.4. The van der Waals surface area contributed by atoms with Gasteiger partial charge in [0.25, 0.3) is 0 Å². The number of rotatable bonds is 20. The number of amides is 5. The molecule has 2 aromatic carbocycles. The van der Waals surface area contributed by atoms with Gasteiger partial charge in [-0.25, -0.2) is 4.79 Å². The molecule has 0 radical (unpaired) electrons. The van der Waals surface area contributed by atoms with Gasteiger partial charge in [-0.05, 0) is 54.9 Å². The molecule has 16 nitrogen and oxygen atoms in total. The molecular weight excluding hydrogens is 676 g/mol. The summed E-state index contributed by atoms with van der Waals surface area (Å²) in [5, 5.41) is 51.8. The van der Waals surface area contributed by atoms with Crippen LogP contribution >= 0.6 is 0 Å². The van der Waals surface area contributed by atoms with E-state index in [4.69, 9.17) is 5.73 Å². The third-order valence-electron chi connectivity index (χ3n) is 8.09. The second-order valence-electron chi connectivity index (χ2n) is 13.5. The fourth-order valence-corrected chi connectivity index (χ4v) is 5.17. The predicted molar refractivity (Wildman–Crippen MR) is 190 cm³/mol. The number of carbonyl (C=O) groups is 6. The smallest absolute Gasteiger partial charge is 0.326 e. The minimum atomic E-state index is -1.62. The maximum atomic E-state index is 13.6. The zero-order valence-electron chi connectivity index (χ0n) is 30.0. The van der Waals surface area contributed by atoms with Crippen LogP contribution in [0.25, 0.3) is 0 Å². The fraction of sp³-hybridized carbons (Fsp3) is 0.500. The number of hydrogen-bond acceptors (Lipinski definition) is 10. The van der Waals surface area contributed by atoms with Gasteiger partial charge in [0.1, 0.15) is 36.0 Å². The van der Waals surface area contributed by atoms with Crippen LogP contribution in [0.1, 0.15) is 52.2 Å². The first-order chi connectivity index (χ1) is 24.4. The van der Waals surface area contributed by atoms with E-state index in [1.807, 2.05) is 0 Å². The van der Waals surface area contributed by atoms with E-state index in [9.17, 15) is 49.2 Å². The van der Waals surface area contributed by atoms with Crippen LogP contribution in [0.4, 0.5) is 0 Å². The number of hydrogen-bond donors (Lipinski definition) is 10. The number of aromatic hydroxyl groups is 1. The third-order valence-corrected chi connectivity index (χ3v) is 8.09. The van der Waals surface area contributed by atoms with Crippen molar-refractivity contribution in [2.24, 2.45) is 17.6 Å². The highest BCUT2D eigenvalue weighted by Gasteiger charge is 2.35. The van der Waals surface area contributed by atoms with Crippen LogP contribution in [0.15, 0.2) is 54.6 Å². The number of phenols is 1. The van der Waals surface area contributed by atoms with Gasteiger partial charge < -0.3 is 52.7 Å². The van der Waals surface area contributed by atoms with Crippen LogP contribution in [0.2, 0.25) is 0 Å². The van der Waals surface area contributed by atoms with E-state index < -0.39 is 90.4 Å². The van der Waals surface area contributed by atoms with Crippen LogP contribution in [-0.2, 0) is 41.6 Å². The molecule has 16 heteroatoms. The molecule has 0 heterocycles. The van der Waals surface area contributed by atoms with Crippen molar-refractivity contribution in [2.45, 2.75) is 96.2 Å². The summed E-state index contributed by atoms with van der Waals surface area (Å²) >= 11 is 0. The Kier molecular flexibility index (Phi) is 17.2. The monoisotopic (exact) mass is 728 g/mol. The Bertz CT molecular complexity index is 1500. The maximum absolute atomic E-state index is 13.6. The van der Waals surface area contributed by atoms with Gasteiger partial charge in [-0.3, -0.25) is 24.0 Å². The molecule has 0 fully saturated rings. The first kappa shape index (κ1) is 43.1. The molecule has 0 saturated carbocycles. The van der Waals surface area contributed by atoms with Gasteiger partial charge in [-0.2, -0.15) is 0 Å². The molecule has 5 amide bonds. The molecule has 11 N–H and O–H groups in total. The summed E-state index contributed by atoms with van der Waals surface area (Å²) in [4.78, 5) is 78.1. The number of phenolic OH excluding ortho intramolecular Hbond substituents is 1. The number of carbonyl (C=O) groups excluding carboxylic acids is 5. The van der Waals surface area contributed by atoms with Crippen molar-refractivity contribution in [3.05, 3.63) is 65.7 Å². The highest BCUT2D eigenvalue weighted by Crippen LogP contribution is 2.13. The predicted octanol–water partition coefficient (Wildman–Crippen LogP) is -0.911. The van der Waals surface area contributed by atoms with Crippen LogP contribution in [-0.4, -0.2) is 105 Å². The Morgan fingerprint density at radius 2 is 1.13 bits per heavy atom. The molecule has 0 aliphatic heterocycles. The van der Waals surface area contributed by atoms with Gasteiger partial charge in [-0.15, -0.1) is 0 Å². The van der Waals surface area contributed by atoms with Crippen molar-refractivity contribution in [3.8, 4) is 5.75 Å². The van der Waals surface area contributed by atoms with Crippen molar-refractivity contribution in [3.63, 3.8) is 0 Å². The van der Waals surface area contributed by atoms with E-state index in [0.29, 0.717) is 5.56 Å². The lowest BCUT2D eigenvalue weighted by atomic mass is 9.99. The summed E-state index contributed by atoms with van der Waals surface area (Å²) in [5.74, 6) is -6.28. The first-order valence-corrected chi connectivity index (χ1v) is 17.0. The second kappa shape index (κ2) is 20.7. The summed E-state index contributed by atoms with van der Waals surface area (Å²) in [6.07, 6.45) is -1.25. The third kappa shape index (κ3) is 13.9. The molecule has 52 heavy (non-hydrogen) atoms. The number of aliphatic hydroxyl groups is 2. The minimum Gasteiger partial charge on any atom is -0.508 e. The largest absolute Gasteiger partial charge is 0.508 e. The Morgan fingerprint density at radius 1 is 0.635 bits per heavy atom. The average molecular weight is 729 g/mol. The van der Waals surface area contributed by atoms with Crippen molar-refractivity contribution in [2.75, 3.05) is 6.61 Å². The van der Waals surface area contributed by atoms with Gasteiger partial charge in [0, 0.05) is 6.42 Å². The summed E-state index contributed by atoms with van der Waals surface area (Å²) in [6, 6.07) is 6.64. The van der Waals surface area contributed by atoms with E-state index in [2.05, 4.69) is 26.6 Å². The quantitative estimate of drug-likeness (QED) is 0.0797. The Hall–Kier alpha value is -5.06. The normalized spacial score (nSPS) is 15.3. The average Bonchev–Trinajstić information content (AvgIpc) is 3.08. The van der Waals surface area contributed by atoms with Crippen molar-refractivity contribution in [1.82, 2.24) is 26.6 Å². The summed E-state index contributed by atoms with van der Waals surface area (Å²) in [5.41, 5.74) is 7.31. The van der Waals surface area contributed by atoms with Gasteiger partial charge in [0.2, 0.25) is 29.5 Å². The Morgan fingerprint density at radius 3 is 1.65 bits per heavy atom. The number of carboxylic acids is 1. The molecule has 0 aliphatic rings. The van der Waals surface area contributed by atoms with E-state index in [1.54, 1.807) is 58.0 Å². The molecule has 0 unspecified atom stereocenters. The van der Waals surface area contributed by atoms with Crippen LogP contribution in [0, 0.1) is 11.8 Å². The van der Waals surface area contributed by atoms with Crippen molar-refractivity contribution >= 4 is 35.5 Å². The summed E-state index contributed by atoms with van der Waals surface area (Å²) in [6.45, 7) is 7.11. The lowest BCUT2D eigenvalue weighted by molar-refractivity contribution is -0.143. The Labute approximate surface area is 302 Å². The van der Waals surface area contributed by atoms with Crippen LogP contribution < -0.4 is 32.3 Å². The van der Waals surface area contributed by atoms with Gasteiger partial charge in [0.15, 0.2) is 0 Å². The molecule has 286 valence electrons. The SMILES string of the molecule is CC(C)C[C@H](NC(=O)[C@H](Cc1ccc(O)cc1)NC(=O)[C@@H](NC(=O)[C@H](CO)NC(=O)[C@@H](NC(=O)[C@@H](N)Cc1ccccc1)[C@@H](C)O)C(C)C)C(=O)O. The summed E-state index contributed by atoms with van der Waals surface area (Å²) < 4.78 is 0. The van der Waals surface area contributed by atoms with E-state index in [1.165, 1.54) is 31.2 Å². The number of aliphatic hydroxyl groups excluding tert-OH is 2. The second-order valence-corrected chi connectivity index (χ2v) is 13.5. The van der Waals surface area contributed by atoms with Crippen LogP contribution in [0.3, 0.4) is 0 Å². The number of carboxylic acid groups (broad SMARTS) is 1. The highest BCUT2D eigenvalue weighted by molar-refractivity contribution is 5.96. The molecule has 0 aliphatic carbocycles. The summed E-state index contributed by atoms with van der Waals surface area (Å²) in [7, 11) is 0. The number of aliphatic carboxylic acids is 1. The van der Waals surface area contributed by atoms with E-state index in [0.717, 1.165) is 5.56 Å². The molecule has 0 aromatic heterocycles. The fourth-order valence-electron chi connectivity index (χ4n) is 5.17. The van der Waals surface area contributed by atoms with E-state index in [-0.39, 0.29) is 30.9 Å². The lowest BCUT2D eigenvalue weighted by Gasteiger charge is -2.28. The Balaban J connectivity index is 2.19. The molecule has 0 saturated heterocycles. The topological polar surface area (TPSA) is 270 Å². The number of nitrogens with one attached hydrogen (secondary N) is 5. The molecule has 0 spiro atoms. The zero-order chi connectivity index (χ0) is 39.1. The van der Waals surface area contributed by atoms with Gasteiger partial charge >= 0.3 is 5.97 Å². The molecular formula is C36H52N6O10. The molecule has 0 bridgehead atoms. The van der Waals surface area contributed by atoms with Crippen molar-refractivity contribution < 1.29 is 49.2 Å². The molecule has 2 aromatic rings. The lowest BCUT2D eigenvalue weighted by Crippen LogP contribution is -2.62. The molecule has 2 rings (SSSR count). The maximum Gasteiger partial charge on any atom is 0.326 e. The van der Waals surface area contributed by atoms with Gasteiger partial charge in [-0.1, -0.05) is 70.2 Å². The first-order valence-electron chi connectivity index (χ1n) is 17.0. The van der Waals surface area contributed by atoms with Crippen LogP contribution in [0.5, 0.6) is 5.75 Å². The zero-order valence-corrected chi connectivity index (χ0v) is 30.0. The number of benzene rings is 2. The molecule has 7 atom stereocenters. The van der Waals surface area contributed by atoms with Crippen molar-refractivity contribution in [1.29, 1.82) is 0 Å². The number of nitrogens with two attached hydrogens (primary N) is 1.